The number of aliphatic hydroxyl groups is 1. The molecular weight excluding hydrogens is 661 g/mol. The van der Waals surface area contributed by atoms with Crippen LogP contribution in [0.5, 0.6) is 0 Å². The zero-order valence-corrected chi connectivity index (χ0v) is 37.3. The number of rotatable bonds is 28. The number of carbonyl (C=O) groups excluding carboxylic acids is 1. The predicted octanol–water partition coefficient (Wildman–Crippen LogP) is 15.6. The van der Waals surface area contributed by atoms with E-state index < -0.39 is 0 Å². The fraction of sp³-hybridized carbons (Fsp3) is 0.980. The minimum absolute atomic E-state index is 0.00537. The molecule has 1 unspecified atom stereocenters. The van der Waals surface area contributed by atoms with E-state index in [9.17, 15) is 9.90 Å². The largest absolute Gasteiger partial charge is 0.462 e. The Hall–Kier alpha value is -0.570. The third-order valence-corrected chi connectivity index (χ3v) is 16.7. The van der Waals surface area contributed by atoms with E-state index in [1.807, 2.05) is 0 Å². The quantitative estimate of drug-likeness (QED) is 0.0639. The van der Waals surface area contributed by atoms with Crippen LogP contribution in [0.3, 0.4) is 0 Å². The highest BCUT2D eigenvalue weighted by atomic mass is 16.5. The van der Waals surface area contributed by atoms with Gasteiger partial charge in [0.2, 0.25) is 0 Å². The van der Waals surface area contributed by atoms with Gasteiger partial charge in [-0.15, -0.1) is 0 Å². The summed E-state index contributed by atoms with van der Waals surface area (Å²) < 4.78 is 6.49. The average Bonchev–Trinajstić information content (AvgIpc) is 3.50. The molecule has 4 saturated carbocycles. The standard InChI is InChI=1S/C51H94O3/c1-7-8-9-10-11-12-13-14-15-16-17-18-19-20-21-22-23-24-25-26-27-31-49(53)54-48-39-43(52)38-42-32-33-44-46-35-34-45(41(4)30-28-29-40(2)3)50(46,5)37-36-47(44)51(42,48)6/h40-48,52H,7-39H2,1-6H3/t41-,42-,43+,44-,45-,46+,47+,48?,50-,51+/m1/s1. The number of esters is 1. The Kier molecular flexibility index (Phi) is 20.8. The molecule has 3 heteroatoms. The highest BCUT2D eigenvalue weighted by Crippen LogP contribution is 2.68. The molecule has 0 spiro atoms. The minimum atomic E-state index is -0.321. The summed E-state index contributed by atoms with van der Waals surface area (Å²) in [7, 11) is 0. The number of aliphatic hydroxyl groups excluding tert-OH is 1. The van der Waals surface area contributed by atoms with Gasteiger partial charge in [-0.25, -0.2) is 0 Å². The van der Waals surface area contributed by atoms with E-state index in [1.54, 1.807) is 0 Å². The van der Waals surface area contributed by atoms with Crippen LogP contribution in [0.1, 0.15) is 253 Å². The van der Waals surface area contributed by atoms with Crippen LogP contribution < -0.4 is 0 Å². The monoisotopic (exact) mass is 755 g/mol. The summed E-state index contributed by atoms with van der Waals surface area (Å²) in [5.74, 6) is 5.25. The van der Waals surface area contributed by atoms with Gasteiger partial charge in [-0.05, 0) is 98.2 Å². The van der Waals surface area contributed by atoms with Gasteiger partial charge < -0.3 is 9.84 Å². The fourth-order valence-electron chi connectivity index (χ4n) is 13.4. The molecule has 4 aliphatic rings. The molecule has 4 aliphatic carbocycles. The summed E-state index contributed by atoms with van der Waals surface area (Å²) in [5, 5.41) is 11.0. The SMILES string of the molecule is CCCCCCCCCCCCCCCCCCCCCCCC(=O)OC1C[C@@H](O)C[C@H]2CC[C@@H]3[C@@H]4CC[C@H]([C@H](C)CCCC(C)C)[C@@]4(C)CC[C@@H]3[C@@]12C. The maximum Gasteiger partial charge on any atom is 0.306 e. The molecule has 0 aromatic heterocycles. The van der Waals surface area contributed by atoms with Gasteiger partial charge >= 0.3 is 5.97 Å². The first-order chi connectivity index (χ1) is 26.1. The van der Waals surface area contributed by atoms with Crippen LogP contribution in [0.15, 0.2) is 0 Å². The summed E-state index contributed by atoms with van der Waals surface area (Å²) in [4.78, 5) is 13.4. The maximum absolute atomic E-state index is 13.4. The zero-order chi connectivity index (χ0) is 38.8. The topological polar surface area (TPSA) is 46.5 Å². The van der Waals surface area contributed by atoms with Crippen LogP contribution in [-0.4, -0.2) is 23.3 Å². The van der Waals surface area contributed by atoms with Crippen molar-refractivity contribution >= 4 is 5.97 Å². The fourth-order valence-corrected chi connectivity index (χ4v) is 13.4. The lowest BCUT2D eigenvalue weighted by Crippen LogP contribution is -2.60. The third-order valence-electron chi connectivity index (χ3n) is 16.7. The van der Waals surface area contributed by atoms with Gasteiger partial charge in [-0.2, -0.15) is 0 Å². The summed E-state index contributed by atoms with van der Waals surface area (Å²) in [6.45, 7) is 14.8. The van der Waals surface area contributed by atoms with Crippen molar-refractivity contribution in [1.29, 1.82) is 0 Å². The van der Waals surface area contributed by atoms with Crippen LogP contribution in [0.25, 0.3) is 0 Å². The van der Waals surface area contributed by atoms with Crippen molar-refractivity contribution in [2.24, 2.45) is 52.3 Å². The van der Waals surface area contributed by atoms with E-state index >= 15 is 0 Å². The van der Waals surface area contributed by atoms with Gasteiger partial charge in [0.05, 0.1) is 6.10 Å². The molecule has 316 valence electrons. The van der Waals surface area contributed by atoms with Gasteiger partial charge in [0.25, 0.3) is 0 Å². The van der Waals surface area contributed by atoms with Gasteiger partial charge in [-0.3, -0.25) is 4.79 Å². The second kappa shape index (κ2) is 24.4. The first-order valence-electron chi connectivity index (χ1n) is 25.0. The summed E-state index contributed by atoms with van der Waals surface area (Å²) in [6, 6.07) is 0. The Morgan fingerprint density at radius 3 is 1.70 bits per heavy atom. The van der Waals surface area contributed by atoms with Crippen molar-refractivity contribution in [3.8, 4) is 0 Å². The minimum Gasteiger partial charge on any atom is -0.462 e. The van der Waals surface area contributed by atoms with E-state index in [-0.39, 0.29) is 23.6 Å². The number of hydrogen-bond donors (Lipinski definition) is 1. The predicted molar refractivity (Wildman–Crippen MR) is 232 cm³/mol. The Bertz CT molecular complexity index is 1010. The number of fused-ring (bicyclic) bond motifs is 5. The average molecular weight is 755 g/mol. The third kappa shape index (κ3) is 13.5. The number of carbonyl (C=O) groups is 1. The lowest BCUT2D eigenvalue weighted by Gasteiger charge is -2.62. The molecular formula is C51H94O3. The summed E-state index contributed by atoms with van der Waals surface area (Å²) in [5.41, 5.74) is 0.501. The van der Waals surface area contributed by atoms with E-state index in [1.165, 1.54) is 180 Å². The van der Waals surface area contributed by atoms with E-state index in [4.69, 9.17) is 4.74 Å². The molecule has 0 amide bonds. The van der Waals surface area contributed by atoms with Crippen LogP contribution in [0.4, 0.5) is 0 Å². The number of ether oxygens (including phenoxy) is 1. The molecule has 0 aromatic rings. The molecule has 4 fully saturated rings. The Morgan fingerprint density at radius 1 is 0.630 bits per heavy atom. The molecule has 0 bridgehead atoms. The van der Waals surface area contributed by atoms with E-state index in [0.717, 1.165) is 48.9 Å². The zero-order valence-electron chi connectivity index (χ0n) is 37.3. The normalized spacial score (nSPS) is 32.6. The van der Waals surface area contributed by atoms with E-state index in [0.29, 0.717) is 30.1 Å². The second-order valence-electron chi connectivity index (χ2n) is 21.0. The van der Waals surface area contributed by atoms with Gasteiger partial charge in [-0.1, -0.05) is 189 Å². The maximum atomic E-state index is 13.4. The highest BCUT2D eigenvalue weighted by molar-refractivity contribution is 5.69. The Morgan fingerprint density at radius 2 is 1.17 bits per heavy atom. The Balaban J connectivity index is 1.07. The number of hydrogen-bond acceptors (Lipinski definition) is 3. The summed E-state index contributed by atoms with van der Waals surface area (Å²) in [6.07, 6.45) is 42.8. The lowest BCUT2D eigenvalue weighted by molar-refractivity contribution is -0.203. The van der Waals surface area contributed by atoms with Gasteiger partial charge in [0.1, 0.15) is 6.10 Å². The Labute approximate surface area is 337 Å². The van der Waals surface area contributed by atoms with Crippen molar-refractivity contribution in [3.05, 3.63) is 0 Å². The number of unbranched alkanes of at least 4 members (excludes halogenated alkanes) is 20. The van der Waals surface area contributed by atoms with Crippen molar-refractivity contribution < 1.29 is 14.6 Å². The van der Waals surface area contributed by atoms with Gasteiger partial charge in [0.15, 0.2) is 0 Å². The van der Waals surface area contributed by atoms with Crippen molar-refractivity contribution in [2.75, 3.05) is 0 Å². The molecule has 0 radical (unpaired) electrons. The molecule has 1 N–H and O–H groups in total. The molecule has 0 aromatic carbocycles. The molecule has 54 heavy (non-hydrogen) atoms. The van der Waals surface area contributed by atoms with Crippen molar-refractivity contribution in [2.45, 2.75) is 266 Å². The molecule has 4 rings (SSSR count). The van der Waals surface area contributed by atoms with Crippen LogP contribution >= 0.6 is 0 Å². The molecule has 0 saturated heterocycles. The first kappa shape index (κ1) is 46.1. The van der Waals surface area contributed by atoms with Crippen LogP contribution in [0.2, 0.25) is 0 Å². The van der Waals surface area contributed by atoms with Gasteiger partial charge in [0, 0.05) is 18.3 Å². The van der Waals surface area contributed by atoms with Crippen LogP contribution in [0, 0.1) is 52.3 Å². The molecule has 0 heterocycles. The smallest absolute Gasteiger partial charge is 0.306 e. The molecule has 3 nitrogen and oxygen atoms in total. The summed E-state index contributed by atoms with van der Waals surface area (Å²) >= 11 is 0. The second-order valence-corrected chi connectivity index (χ2v) is 21.0. The van der Waals surface area contributed by atoms with Crippen LogP contribution in [-0.2, 0) is 9.53 Å². The molecule has 10 atom stereocenters. The van der Waals surface area contributed by atoms with Crippen molar-refractivity contribution in [1.82, 2.24) is 0 Å². The highest BCUT2D eigenvalue weighted by Gasteiger charge is 2.63. The van der Waals surface area contributed by atoms with E-state index in [2.05, 4.69) is 41.5 Å². The van der Waals surface area contributed by atoms with Crippen molar-refractivity contribution in [3.63, 3.8) is 0 Å². The molecule has 0 aliphatic heterocycles. The first-order valence-corrected chi connectivity index (χ1v) is 25.0. The lowest BCUT2D eigenvalue weighted by atomic mass is 9.43.